The van der Waals surface area contributed by atoms with Gasteiger partial charge in [-0.25, -0.2) is 0 Å². The predicted octanol–water partition coefficient (Wildman–Crippen LogP) is 10.7. The van der Waals surface area contributed by atoms with E-state index in [2.05, 4.69) is 89.5 Å². The highest BCUT2D eigenvalue weighted by Gasteiger charge is 2.20. The van der Waals surface area contributed by atoms with Crippen LogP contribution in [0, 0.1) is 0 Å². The average Bonchev–Trinajstić information content (AvgIpc) is 3.61. The van der Waals surface area contributed by atoms with Crippen LogP contribution in [-0.4, -0.2) is 9.13 Å². The van der Waals surface area contributed by atoms with Crippen LogP contribution in [0.4, 0.5) is 0 Å². The SMILES string of the molecule is [2H]c1c([2H])c([2H])c(-n2c3cc4c(cc3c3c5ccccc5ccc32)c2ccccc2n4-c2ccccc2-c2ccccc2)c([2H])c1[2H]. The van der Waals surface area contributed by atoms with Crippen molar-refractivity contribution in [2.75, 3.05) is 0 Å². The summed E-state index contributed by atoms with van der Waals surface area (Å²) < 4.78 is 47.4. The molecule has 9 rings (SSSR count). The van der Waals surface area contributed by atoms with Crippen molar-refractivity contribution in [1.29, 1.82) is 0 Å². The fourth-order valence-corrected chi connectivity index (χ4v) is 6.63. The first kappa shape index (κ1) is 18.7. The van der Waals surface area contributed by atoms with Gasteiger partial charge in [-0.2, -0.15) is 0 Å². The van der Waals surface area contributed by atoms with Crippen LogP contribution in [0.25, 0.3) is 76.9 Å². The molecular weight excluding hydrogens is 508 g/mol. The van der Waals surface area contributed by atoms with Crippen LogP contribution in [-0.2, 0) is 0 Å². The number of hydrogen-bond acceptors (Lipinski definition) is 0. The Hall–Kier alpha value is -5.60. The molecule has 0 unspecified atom stereocenters. The standard InChI is InChI=1S/C40H26N2/c1-3-13-27(14-4-1)30-18-9-11-21-35(30)42-36-22-12-10-20-32(36)33-25-34-39(26-38(33)42)41(29-16-5-2-6-17-29)37-24-23-28-15-7-8-19-31(28)40(34)37/h1-26H/i2D,5D,6D,16D,17D. The fourth-order valence-electron chi connectivity index (χ4n) is 6.63. The van der Waals surface area contributed by atoms with Crippen molar-refractivity contribution in [3.63, 3.8) is 0 Å². The maximum absolute atomic E-state index is 8.98. The second kappa shape index (κ2) is 8.95. The van der Waals surface area contributed by atoms with E-state index in [-0.39, 0.29) is 29.9 Å². The maximum Gasteiger partial charge on any atom is 0.0645 e. The van der Waals surface area contributed by atoms with Gasteiger partial charge in [0.15, 0.2) is 0 Å². The van der Waals surface area contributed by atoms with Gasteiger partial charge in [0.2, 0.25) is 0 Å². The van der Waals surface area contributed by atoms with Crippen molar-refractivity contribution >= 4 is 54.4 Å². The lowest BCUT2D eigenvalue weighted by Crippen LogP contribution is -1.98. The van der Waals surface area contributed by atoms with Crippen LogP contribution in [0.1, 0.15) is 6.85 Å². The number of benzene rings is 7. The number of para-hydroxylation sites is 3. The molecule has 7 aromatic carbocycles. The van der Waals surface area contributed by atoms with E-state index in [4.69, 9.17) is 6.85 Å². The van der Waals surface area contributed by atoms with Crippen LogP contribution in [0.5, 0.6) is 0 Å². The maximum atomic E-state index is 8.98. The first-order chi connectivity index (χ1) is 22.9. The van der Waals surface area contributed by atoms with Gasteiger partial charge < -0.3 is 9.13 Å². The lowest BCUT2D eigenvalue weighted by molar-refractivity contribution is 1.17. The Balaban J connectivity index is 1.51. The molecule has 0 spiro atoms. The van der Waals surface area contributed by atoms with Crippen molar-refractivity contribution in [1.82, 2.24) is 9.13 Å². The molecule has 196 valence electrons. The number of aromatic nitrogens is 2. The first-order valence-corrected chi connectivity index (χ1v) is 14.0. The summed E-state index contributed by atoms with van der Waals surface area (Å²) in [4.78, 5) is 0. The van der Waals surface area contributed by atoms with Crippen molar-refractivity contribution in [3.8, 4) is 22.5 Å². The normalized spacial score (nSPS) is 13.5. The fraction of sp³-hybridized carbons (Fsp3) is 0. The van der Waals surface area contributed by atoms with Gasteiger partial charge in [-0.15, -0.1) is 0 Å². The molecule has 0 aliphatic heterocycles. The molecule has 0 aliphatic rings. The summed E-state index contributed by atoms with van der Waals surface area (Å²) in [6.07, 6.45) is 0. The van der Waals surface area contributed by atoms with E-state index >= 15 is 0 Å². The van der Waals surface area contributed by atoms with Gasteiger partial charge in [0, 0.05) is 32.8 Å². The Bertz CT molecular complexity index is 2710. The van der Waals surface area contributed by atoms with Crippen LogP contribution in [0.15, 0.2) is 158 Å². The minimum Gasteiger partial charge on any atom is -0.309 e. The first-order valence-electron chi connectivity index (χ1n) is 16.5. The smallest absolute Gasteiger partial charge is 0.0645 e. The quantitative estimate of drug-likeness (QED) is 0.211. The van der Waals surface area contributed by atoms with Crippen LogP contribution in [0.3, 0.4) is 0 Å². The molecule has 0 bridgehead atoms. The number of nitrogens with zero attached hydrogens (tertiary/aromatic N) is 2. The molecule has 0 radical (unpaired) electrons. The van der Waals surface area contributed by atoms with Crippen molar-refractivity contribution in [2.45, 2.75) is 0 Å². The summed E-state index contributed by atoms with van der Waals surface area (Å²) in [5.41, 5.74) is 6.93. The van der Waals surface area contributed by atoms with E-state index in [0.29, 0.717) is 0 Å². The summed E-state index contributed by atoms with van der Waals surface area (Å²) >= 11 is 0. The van der Waals surface area contributed by atoms with Crippen LogP contribution in [0.2, 0.25) is 0 Å². The lowest BCUT2D eigenvalue weighted by atomic mass is 10.0. The molecule has 2 aromatic heterocycles. The molecule has 0 amide bonds. The Labute approximate surface area is 250 Å². The highest BCUT2D eigenvalue weighted by atomic mass is 15.0. The van der Waals surface area contributed by atoms with E-state index in [9.17, 15) is 0 Å². The molecule has 0 saturated heterocycles. The molecule has 0 fully saturated rings. The molecule has 2 nitrogen and oxygen atoms in total. The Morgan fingerprint density at radius 1 is 0.452 bits per heavy atom. The van der Waals surface area contributed by atoms with Crippen molar-refractivity contribution in [3.05, 3.63) is 158 Å². The van der Waals surface area contributed by atoms with Gasteiger partial charge in [-0.3, -0.25) is 0 Å². The van der Waals surface area contributed by atoms with E-state index in [1.807, 2.05) is 47.0 Å². The molecule has 2 heteroatoms. The minimum absolute atomic E-state index is 0.137. The second-order valence-electron chi connectivity index (χ2n) is 10.6. The molecular formula is C40H26N2. The monoisotopic (exact) mass is 539 g/mol. The van der Waals surface area contributed by atoms with Crippen LogP contribution < -0.4 is 0 Å². The number of hydrogen-bond donors (Lipinski definition) is 0. The summed E-state index contributed by atoms with van der Waals surface area (Å²) in [6.45, 7) is 0. The zero-order chi connectivity index (χ0) is 32.0. The van der Waals surface area contributed by atoms with Gasteiger partial charge in [-0.1, -0.05) is 115 Å². The minimum atomic E-state index is -0.407. The largest absolute Gasteiger partial charge is 0.309 e. The third-order valence-electron chi connectivity index (χ3n) is 8.39. The zero-order valence-electron chi connectivity index (χ0n) is 27.5. The van der Waals surface area contributed by atoms with Crippen molar-refractivity contribution < 1.29 is 6.85 Å². The highest BCUT2D eigenvalue weighted by Crippen LogP contribution is 2.42. The Morgan fingerprint density at radius 2 is 1.17 bits per heavy atom. The molecule has 2 heterocycles. The molecule has 9 aromatic rings. The molecule has 0 aliphatic carbocycles. The Kier molecular flexibility index (Phi) is 3.98. The van der Waals surface area contributed by atoms with Crippen molar-refractivity contribution in [2.24, 2.45) is 0 Å². The number of rotatable bonds is 3. The summed E-state index contributed by atoms with van der Waals surface area (Å²) in [5, 5.41) is 6.22. The highest BCUT2D eigenvalue weighted by molar-refractivity contribution is 6.25. The van der Waals surface area contributed by atoms with E-state index in [1.165, 1.54) is 0 Å². The van der Waals surface area contributed by atoms with Gasteiger partial charge in [-0.05, 0) is 58.8 Å². The van der Waals surface area contributed by atoms with Crippen LogP contribution >= 0.6 is 0 Å². The van der Waals surface area contributed by atoms with E-state index in [0.717, 1.165) is 71.2 Å². The molecule has 0 saturated carbocycles. The predicted molar refractivity (Wildman–Crippen MR) is 178 cm³/mol. The molecule has 0 N–H and O–H groups in total. The van der Waals surface area contributed by atoms with Gasteiger partial charge >= 0.3 is 0 Å². The average molecular weight is 540 g/mol. The topological polar surface area (TPSA) is 9.86 Å². The molecule has 0 atom stereocenters. The van der Waals surface area contributed by atoms with E-state index in [1.54, 1.807) is 0 Å². The third kappa shape index (κ3) is 3.27. The second-order valence-corrected chi connectivity index (χ2v) is 10.6. The summed E-state index contributed by atoms with van der Waals surface area (Å²) in [5.74, 6) is 0. The Morgan fingerprint density at radius 3 is 2.05 bits per heavy atom. The zero-order valence-corrected chi connectivity index (χ0v) is 22.5. The third-order valence-corrected chi connectivity index (χ3v) is 8.39. The summed E-state index contributed by atoms with van der Waals surface area (Å²) in [7, 11) is 0. The molecule has 42 heavy (non-hydrogen) atoms. The number of fused-ring (bicyclic) bond motifs is 8. The van der Waals surface area contributed by atoms with E-state index < -0.39 is 6.04 Å². The van der Waals surface area contributed by atoms with Gasteiger partial charge in [0.1, 0.15) is 0 Å². The summed E-state index contributed by atoms with van der Waals surface area (Å²) in [6, 6.07) is 42.1. The van der Waals surface area contributed by atoms with Gasteiger partial charge in [0.05, 0.1) is 34.6 Å². The lowest BCUT2D eigenvalue weighted by Gasteiger charge is -2.14. The van der Waals surface area contributed by atoms with Gasteiger partial charge in [0.25, 0.3) is 0 Å².